The monoisotopic (exact) mass is 215 g/mol. The SMILES string of the molecule is NC1(C2CCc3ccccc32)CCCCC1. The highest BCUT2D eigenvalue weighted by atomic mass is 14.8. The molecule has 1 aromatic rings. The van der Waals surface area contributed by atoms with Crippen molar-refractivity contribution >= 4 is 0 Å². The minimum Gasteiger partial charge on any atom is -0.325 e. The van der Waals surface area contributed by atoms with Crippen LogP contribution in [-0.2, 0) is 6.42 Å². The van der Waals surface area contributed by atoms with Crippen molar-refractivity contribution in [2.45, 2.75) is 56.4 Å². The summed E-state index contributed by atoms with van der Waals surface area (Å²) in [6, 6.07) is 8.91. The minimum atomic E-state index is 0.102. The zero-order valence-corrected chi connectivity index (χ0v) is 9.91. The molecule has 3 rings (SSSR count). The van der Waals surface area contributed by atoms with E-state index in [-0.39, 0.29) is 5.54 Å². The Labute approximate surface area is 98.0 Å². The highest BCUT2D eigenvalue weighted by Gasteiger charge is 2.39. The molecule has 0 radical (unpaired) electrons. The van der Waals surface area contributed by atoms with Gasteiger partial charge in [-0.05, 0) is 36.8 Å². The molecule has 0 aromatic heterocycles. The molecule has 0 aliphatic heterocycles. The molecule has 1 unspecified atom stereocenters. The lowest BCUT2D eigenvalue weighted by molar-refractivity contribution is 0.245. The number of aryl methyl sites for hydroxylation is 1. The van der Waals surface area contributed by atoms with Gasteiger partial charge in [0.1, 0.15) is 0 Å². The zero-order chi connectivity index (χ0) is 11.0. The molecule has 1 saturated carbocycles. The van der Waals surface area contributed by atoms with Crippen LogP contribution >= 0.6 is 0 Å². The molecule has 0 saturated heterocycles. The Balaban J connectivity index is 1.91. The molecular formula is C15H21N. The Morgan fingerprint density at radius 1 is 1.06 bits per heavy atom. The van der Waals surface area contributed by atoms with Gasteiger partial charge in [0, 0.05) is 11.5 Å². The van der Waals surface area contributed by atoms with Crippen molar-refractivity contribution in [2.24, 2.45) is 5.73 Å². The summed E-state index contributed by atoms with van der Waals surface area (Å²) in [7, 11) is 0. The molecule has 86 valence electrons. The molecule has 1 fully saturated rings. The predicted molar refractivity (Wildman–Crippen MR) is 67.5 cm³/mol. The minimum absolute atomic E-state index is 0.102. The second-order valence-corrected chi connectivity index (χ2v) is 5.58. The zero-order valence-electron chi connectivity index (χ0n) is 9.91. The first-order valence-electron chi connectivity index (χ1n) is 6.66. The van der Waals surface area contributed by atoms with Crippen LogP contribution in [0.2, 0.25) is 0 Å². The molecule has 0 bridgehead atoms. The quantitative estimate of drug-likeness (QED) is 0.763. The van der Waals surface area contributed by atoms with Crippen molar-refractivity contribution in [1.82, 2.24) is 0 Å². The van der Waals surface area contributed by atoms with E-state index >= 15 is 0 Å². The summed E-state index contributed by atoms with van der Waals surface area (Å²) in [6.45, 7) is 0. The van der Waals surface area contributed by atoms with Crippen LogP contribution in [0.5, 0.6) is 0 Å². The summed E-state index contributed by atoms with van der Waals surface area (Å²) >= 11 is 0. The number of hydrogen-bond donors (Lipinski definition) is 1. The maximum Gasteiger partial charge on any atom is 0.0223 e. The number of rotatable bonds is 1. The largest absolute Gasteiger partial charge is 0.325 e. The lowest BCUT2D eigenvalue weighted by Gasteiger charge is -2.39. The molecule has 1 heteroatoms. The van der Waals surface area contributed by atoms with Crippen LogP contribution in [-0.4, -0.2) is 5.54 Å². The van der Waals surface area contributed by atoms with Gasteiger partial charge >= 0.3 is 0 Å². The molecule has 0 heterocycles. The Kier molecular flexibility index (Phi) is 2.51. The molecule has 0 amide bonds. The predicted octanol–water partition coefficient (Wildman–Crippen LogP) is 3.38. The molecule has 16 heavy (non-hydrogen) atoms. The first kappa shape index (κ1) is 10.3. The lowest BCUT2D eigenvalue weighted by Crippen LogP contribution is -2.46. The van der Waals surface area contributed by atoms with Crippen LogP contribution in [0.4, 0.5) is 0 Å². The van der Waals surface area contributed by atoms with Gasteiger partial charge in [-0.25, -0.2) is 0 Å². The Morgan fingerprint density at radius 2 is 1.81 bits per heavy atom. The fraction of sp³-hybridized carbons (Fsp3) is 0.600. The third-order valence-electron chi connectivity index (χ3n) is 4.61. The third kappa shape index (κ3) is 1.58. The molecule has 2 aliphatic carbocycles. The van der Waals surface area contributed by atoms with Crippen LogP contribution in [0.3, 0.4) is 0 Å². The van der Waals surface area contributed by atoms with E-state index in [4.69, 9.17) is 5.73 Å². The Hall–Kier alpha value is -0.820. The van der Waals surface area contributed by atoms with E-state index in [2.05, 4.69) is 24.3 Å². The van der Waals surface area contributed by atoms with Crippen molar-refractivity contribution in [3.8, 4) is 0 Å². The highest BCUT2D eigenvalue weighted by Crippen LogP contribution is 2.45. The summed E-state index contributed by atoms with van der Waals surface area (Å²) in [4.78, 5) is 0. The van der Waals surface area contributed by atoms with E-state index in [1.54, 1.807) is 11.1 Å². The van der Waals surface area contributed by atoms with Crippen LogP contribution in [0.1, 0.15) is 55.6 Å². The van der Waals surface area contributed by atoms with Crippen molar-refractivity contribution in [1.29, 1.82) is 0 Å². The van der Waals surface area contributed by atoms with E-state index in [1.165, 1.54) is 44.9 Å². The fourth-order valence-electron chi connectivity index (χ4n) is 3.71. The van der Waals surface area contributed by atoms with E-state index in [0.29, 0.717) is 5.92 Å². The number of fused-ring (bicyclic) bond motifs is 1. The normalized spacial score (nSPS) is 27.7. The van der Waals surface area contributed by atoms with Gasteiger partial charge in [0.2, 0.25) is 0 Å². The molecule has 0 spiro atoms. The van der Waals surface area contributed by atoms with Crippen LogP contribution < -0.4 is 5.73 Å². The third-order valence-corrected chi connectivity index (χ3v) is 4.61. The first-order valence-corrected chi connectivity index (χ1v) is 6.66. The molecular weight excluding hydrogens is 194 g/mol. The van der Waals surface area contributed by atoms with Gasteiger partial charge < -0.3 is 5.73 Å². The van der Waals surface area contributed by atoms with E-state index < -0.39 is 0 Å². The van der Waals surface area contributed by atoms with E-state index in [9.17, 15) is 0 Å². The van der Waals surface area contributed by atoms with Gasteiger partial charge in [-0.15, -0.1) is 0 Å². The Bertz CT molecular complexity index is 377. The van der Waals surface area contributed by atoms with Gasteiger partial charge in [0.05, 0.1) is 0 Å². The second-order valence-electron chi connectivity index (χ2n) is 5.58. The maximum atomic E-state index is 6.68. The second kappa shape index (κ2) is 3.89. The summed E-state index contributed by atoms with van der Waals surface area (Å²) in [5, 5.41) is 0. The topological polar surface area (TPSA) is 26.0 Å². The van der Waals surface area contributed by atoms with Gasteiger partial charge in [-0.1, -0.05) is 43.5 Å². The highest BCUT2D eigenvalue weighted by molar-refractivity contribution is 5.37. The fourth-order valence-corrected chi connectivity index (χ4v) is 3.71. The standard InChI is InChI=1S/C15H21N/c16-15(10-4-1-5-11-15)14-9-8-12-6-2-3-7-13(12)14/h2-3,6-7,14H,1,4-5,8-11,16H2. The lowest BCUT2D eigenvalue weighted by atomic mass is 9.71. The Morgan fingerprint density at radius 3 is 2.62 bits per heavy atom. The van der Waals surface area contributed by atoms with E-state index in [1.807, 2.05) is 0 Å². The van der Waals surface area contributed by atoms with Gasteiger partial charge in [0.15, 0.2) is 0 Å². The van der Waals surface area contributed by atoms with Crippen LogP contribution in [0.25, 0.3) is 0 Å². The van der Waals surface area contributed by atoms with Crippen LogP contribution in [0, 0.1) is 0 Å². The van der Waals surface area contributed by atoms with Crippen molar-refractivity contribution in [3.05, 3.63) is 35.4 Å². The number of benzene rings is 1. The molecule has 1 aromatic carbocycles. The maximum absolute atomic E-state index is 6.68. The summed E-state index contributed by atoms with van der Waals surface area (Å²) in [6.07, 6.45) is 9.01. The molecule has 2 N–H and O–H groups in total. The molecule has 1 atom stereocenters. The van der Waals surface area contributed by atoms with Crippen molar-refractivity contribution in [2.75, 3.05) is 0 Å². The number of hydrogen-bond acceptors (Lipinski definition) is 1. The van der Waals surface area contributed by atoms with Gasteiger partial charge in [-0.2, -0.15) is 0 Å². The smallest absolute Gasteiger partial charge is 0.0223 e. The van der Waals surface area contributed by atoms with E-state index in [0.717, 1.165) is 0 Å². The summed E-state index contributed by atoms with van der Waals surface area (Å²) < 4.78 is 0. The van der Waals surface area contributed by atoms with Crippen LogP contribution in [0.15, 0.2) is 24.3 Å². The average Bonchev–Trinajstić information content (AvgIpc) is 2.74. The van der Waals surface area contributed by atoms with Gasteiger partial charge in [-0.3, -0.25) is 0 Å². The average molecular weight is 215 g/mol. The molecule has 2 aliphatic rings. The summed E-state index contributed by atoms with van der Waals surface area (Å²) in [5.41, 5.74) is 9.87. The van der Waals surface area contributed by atoms with Gasteiger partial charge in [0.25, 0.3) is 0 Å². The summed E-state index contributed by atoms with van der Waals surface area (Å²) in [5.74, 6) is 0.629. The number of nitrogens with two attached hydrogens (primary N) is 1. The first-order chi connectivity index (χ1) is 7.80. The van der Waals surface area contributed by atoms with Crippen molar-refractivity contribution in [3.63, 3.8) is 0 Å². The van der Waals surface area contributed by atoms with Crippen molar-refractivity contribution < 1.29 is 0 Å². The molecule has 1 nitrogen and oxygen atoms in total.